The smallest absolute Gasteiger partial charge is 0.151 e. The van der Waals surface area contributed by atoms with Crippen molar-refractivity contribution in [2.24, 2.45) is 5.41 Å². The molecular weight excluding hydrogens is 228 g/mol. The van der Waals surface area contributed by atoms with Gasteiger partial charge in [-0.05, 0) is 18.8 Å². The minimum absolute atomic E-state index is 0.303. The van der Waals surface area contributed by atoms with E-state index in [4.69, 9.17) is 4.74 Å². The maximum absolute atomic E-state index is 5.26. The number of aromatic nitrogens is 3. The molecule has 0 aliphatic heterocycles. The van der Waals surface area contributed by atoms with Gasteiger partial charge in [0.2, 0.25) is 0 Å². The predicted octanol–water partition coefficient (Wildman–Crippen LogP) is 1.70. The third-order valence-electron chi connectivity index (χ3n) is 2.65. The highest BCUT2D eigenvalue weighted by Crippen LogP contribution is 2.20. The quantitative estimate of drug-likeness (QED) is 0.777. The van der Waals surface area contributed by atoms with Gasteiger partial charge in [0, 0.05) is 26.1 Å². The molecule has 0 fully saturated rings. The summed E-state index contributed by atoms with van der Waals surface area (Å²) in [4.78, 5) is 4.29. The Labute approximate surface area is 110 Å². The van der Waals surface area contributed by atoms with E-state index in [1.807, 2.05) is 6.92 Å². The summed E-state index contributed by atoms with van der Waals surface area (Å²) >= 11 is 0. The molecule has 0 amide bonds. The fourth-order valence-corrected chi connectivity index (χ4v) is 2.02. The summed E-state index contributed by atoms with van der Waals surface area (Å²) in [5.74, 6) is 1.74. The summed E-state index contributed by atoms with van der Waals surface area (Å²) in [6.07, 6.45) is 1.93. The van der Waals surface area contributed by atoms with Crippen molar-refractivity contribution in [3.05, 3.63) is 11.6 Å². The van der Waals surface area contributed by atoms with Crippen LogP contribution in [0, 0.1) is 12.3 Å². The van der Waals surface area contributed by atoms with E-state index in [2.05, 4.69) is 41.3 Å². The van der Waals surface area contributed by atoms with Crippen LogP contribution in [0.3, 0.4) is 0 Å². The summed E-state index contributed by atoms with van der Waals surface area (Å²) < 4.78 is 5.26. The summed E-state index contributed by atoms with van der Waals surface area (Å²) in [6.45, 7) is 10.3. The zero-order valence-electron chi connectivity index (χ0n) is 12.2. The van der Waals surface area contributed by atoms with E-state index < -0.39 is 0 Å². The number of aromatic amines is 1. The summed E-state index contributed by atoms with van der Waals surface area (Å²) in [7, 11) is 1.75. The van der Waals surface area contributed by atoms with Crippen LogP contribution in [0.25, 0.3) is 0 Å². The monoisotopic (exact) mass is 254 g/mol. The molecule has 5 nitrogen and oxygen atoms in total. The van der Waals surface area contributed by atoms with Crippen molar-refractivity contribution in [1.82, 2.24) is 20.5 Å². The second-order valence-electron chi connectivity index (χ2n) is 5.96. The van der Waals surface area contributed by atoms with Crippen LogP contribution in [0.4, 0.5) is 0 Å². The third-order valence-corrected chi connectivity index (χ3v) is 2.65. The molecule has 0 aliphatic rings. The Hall–Kier alpha value is -0.940. The molecule has 1 aromatic rings. The molecule has 0 aromatic carbocycles. The van der Waals surface area contributed by atoms with Crippen LogP contribution < -0.4 is 5.32 Å². The molecule has 104 valence electrons. The van der Waals surface area contributed by atoms with Crippen molar-refractivity contribution in [1.29, 1.82) is 0 Å². The van der Waals surface area contributed by atoms with Crippen molar-refractivity contribution >= 4 is 0 Å². The first-order valence-electron chi connectivity index (χ1n) is 6.51. The average Bonchev–Trinajstić information content (AvgIpc) is 2.62. The van der Waals surface area contributed by atoms with E-state index >= 15 is 0 Å². The van der Waals surface area contributed by atoms with Crippen molar-refractivity contribution in [3.63, 3.8) is 0 Å². The third kappa shape index (κ3) is 6.12. The van der Waals surface area contributed by atoms with Crippen molar-refractivity contribution in [2.75, 3.05) is 20.3 Å². The van der Waals surface area contributed by atoms with Gasteiger partial charge in [0.25, 0.3) is 0 Å². The lowest BCUT2D eigenvalue weighted by molar-refractivity contribution is 0.144. The summed E-state index contributed by atoms with van der Waals surface area (Å²) in [5, 5.41) is 10.5. The molecule has 1 atom stereocenters. The number of ether oxygens (including phenoxy) is 1. The molecule has 5 heteroatoms. The molecule has 1 heterocycles. The number of nitrogens with one attached hydrogen (secondary N) is 2. The van der Waals surface area contributed by atoms with Crippen molar-refractivity contribution < 1.29 is 4.74 Å². The van der Waals surface area contributed by atoms with E-state index in [9.17, 15) is 0 Å². The van der Waals surface area contributed by atoms with E-state index in [0.29, 0.717) is 11.5 Å². The lowest BCUT2D eigenvalue weighted by Gasteiger charge is -2.26. The van der Waals surface area contributed by atoms with Gasteiger partial charge >= 0.3 is 0 Å². The lowest BCUT2D eigenvalue weighted by Crippen LogP contribution is -2.37. The molecule has 18 heavy (non-hydrogen) atoms. The van der Waals surface area contributed by atoms with Gasteiger partial charge in [-0.15, -0.1) is 0 Å². The molecule has 0 saturated carbocycles. The molecule has 0 bridgehead atoms. The Morgan fingerprint density at radius 2 is 2.11 bits per heavy atom. The largest absolute Gasteiger partial charge is 0.383 e. The van der Waals surface area contributed by atoms with Crippen LogP contribution in [0.2, 0.25) is 0 Å². The Bertz CT molecular complexity index is 343. The zero-order valence-corrected chi connectivity index (χ0v) is 12.2. The van der Waals surface area contributed by atoms with Gasteiger partial charge in [-0.1, -0.05) is 20.8 Å². The second kappa shape index (κ2) is 6.85. The van der Waals surface area contributed by atoms with E-state index in [1.165, 1.54) is 0 Å². The minimum Gasteiger partial charge on any atom is -0.383 e. The highest BCUT2D eigenvalue weighted by Gasteiger charge is 2.18. The highest BCUT2D eigenvalue weighted by atomic mass is 16.5. The molecule has 1 rings (SSSR count). The van der Waals surface area contributed by atoms with Gasteiger partial charge < -0.3 is 10.1 Å². The number of nitrogens with zero attached hydrogens (tertiary/aromatic N) is 2. The molecular formula is C13H26N4O. The number of methoxy groups -OCH3 is 1. The fraction of sp³-hybridized carbons (Fsp3) is 0.846. The van der Waals surface area contributed by atoms with Gasteiger partial charge in [-0.3, -0.25) is 5.10 Å². The van der Waals surface area contributed by atoms with Gasteiger partial charge in [-0.25, -0.2) is 4.98 Å². The van der Waals surface area contributed by atoms with E-state index in [0.717, 1.165) is 37.6 Å². The molecule has 0 spiro atoms. The first-order chi connectivity index (χ1) is 8.40. The van der Waals surface area contributed by atoms with Crippen molar-refractivity contribution in [2.45, 2.75) is 46.6 Å². The van der Waals surface area contributed by atoms with Gasteiger partial charge in [0.15, 0.2) is 5.82 Å². The summed E-state index contributed by atoms with van der Waals surface area (Å²) in [5.41, 5.74) is 0.303. The first kappa shape index (κ1) is 15.1. The van der Waals surface area contributed by atoms with E-state index in [-0.39, 0.29) is 0 Å². The molecule has 0 saturated heterocycles. The predicted molar refractivity (Wildman–Crippen MR) is 72.6 cm³/mol. The number of hydrogen-bond donors (Lipinski definition) is 2. The zero-order chi connectivity index (χ0) is 13.6. The normalized spacial score (nSPS) is 13.8. The van der Waals surface area contributed by atoms with Crippen LogP contribution in [-0.2, 0) is 11.2 Å². The number of aryl methyl sites for hydroxylation is 1. The summed E-state index contributed by atoms with van der Waals surface area (Å²) in [6, 6.07) is 0.384. The van der Waals surface area contributed by atoms with Gasteiger partial charge in [0.1, 0.15) is 5.82 Å². The van der Waals surface area contributed by atoms with Crippen LogP contribution in [0.1, 0.15) is 38.8 Å². The Balaban J connectivity index is 2.33. The van der Waals surface area contributed by atoms with Crippen LogP contribution in [-0.4, -0.2) is 41.5 Å². The van der Waals surface area contributed by atoms with Crippen molar-refractivity contribution in [3.8, 4) is 0 Å². The molecule has 1 aromatic heterocycles. The van der Waals surface area contributed by atoms with E-state index in [1.54, 1.807) is 7.11 Å². The Morgan fingerprint density at radius 1 is 1.39 bits per heavy atom. The van der Waals surface area contributed by atoms with Gasteiger partial charge in [0.05, 0.1) is 6.61 Å². The minimum atomic E-state index is 0.303. The number of rotatable bonds is 7. The molecule has 2 N–H and O–H groups in total. The maximum atomic E-state index is 5.26. The topological polar surface area (TPSA) is 62.8 Å². The highest BCUT2D eigenvalue weighted by molar-refractivity contribution is 4.88. The Morgan fingerprint density at radius 3 is 2.61 bits per heavy atom. The molecule has 0 aliphatic carbocycles. The maximum Gasteiger partial charge on any atom is 0.151 e. The average molecular weight is 254 g/mol. The van der Waals surface area contributed by atoms with Gasteiger partial charge in [-0.2, -0.15) is 5.10 Å². The second-order valence-corrected chi connectivity index (χ2v) is 5.96. The molecule has 0 radical (unpaired) electrons. The van der Waals surface area contributed by atoms with Crippen LogP contribution in [0.5, 0.6) is 0 Å². The SMILES string of the molecule is COCC(CC(C)(C)C)NCCc1n[nH]c(C)n1. The number of hydrogen-bond acceptors (Lipinski definition) is 4. The standard InChI is InChI=1S/C13H26N4O/c1-10-15-12(17-16-10)6-7-14-11(9-18-5)8-13(2,3)4/h11,14H,6-9H2,1-5H3,(H,15,16,17). The first-order valence-corrected chi connectivity index (χ1v) is 6.51. The van der Waals surface area contributed by atoms with Crippen LogP contribution >= 0.6 is 0 Å². The lowest BCUT2D eigenvalue weighted by atomic mass is 9.88. The number of H-pyrrole nitrogens is 1. The fourth-order valence-electron chi connectivity index (χ4n) is 2.02. The van der Waals surface area contributed by atoms with Crippen LogP contribution in [0.15, 0.2) is 0 Å². The Kier molecular flexibility index (Phi) is 5.75. The molecule has 1 unspecified atom stereocenters.